The summed E-state index contributed by atoms with van der Waals surface area (Å²) < 4.78 is 0. The SMILES string of the molecule is CNC1N=C2N=CC=C2N1. The molecule has 1 atom stereocenters. The van der Waals surface area contributed by atoms with Crippen molar-refractivity contribution >= 4 is 12.1 Å². The Morgan fingerprint density at radius 1 is 1.70 bits per heavy atom. The van der Waals surface area contributed by atoms with Gasteiger partial charge in [0.05, 0.1) is 5.70 Å². The minimum absolute atomic E-state index is 0.0127. The third-order valence-corrected chi connectivity index (χ3v) is 1.50. The minimum atomic E-state index is 0.0127. The molecule has 0 spiro atoms. The third-order valence-electron chi connectivity index (χ3n) is 1.50. The Kier molecular flexibility index (Phi) is 1.07. The molecule has 52 valence electrons. The van der Waals surface area contributed by atoms with Gasteiger partial charge in [-0.05, 0) is 13.1 Å². The standard InChI is InChI=1S/C6H8N4/c1-7-6-9-4-2-3-8-5(4)10-6/h2-3,6-7,9H,1H3. The zero-order chi connectivity index (χ0) is 6.97. The maximum atomic E-state index is 4.20. The van der Waals surface area contributed by atoms with E-state index in [1.807, 2.05) is 13.1 Å². The summed E-state index contributed by atoms with van der Waals surface area (Å²) in [6.45, 7) is 0. The summed E-state index contributed by atoms with van der Waals surface area (Å²) in [5, 5.41) is 6.10. The van der Waals surface area contributed by atoms with Crippen LogP contribution in [0.2, 0.25) is 0 Å². The second kappa shape index (κ2) is 1.91. The molecule has 2 aliphatic heterocycles. The van der Waals surface area contributed by atoms with Crippen molar-refractivity contribution in [2.75, 3.05) is 7.05 Å². The van der Waals surface area contributed by atoms with E-state index in [0.29, 0.717) is 0 Å². The molecule has 0 bridgehead atoms. The summed E-state index contributed by atoms with van der Waals surface area (Å²) >= 11 is 0. The lowest BCUT2D eigenvalue weighted by molar-refractivity contribution is 0.550. The molecular weight excluding hydrogens is 128 g/mol. The zero-order valence-corrected chi connectivity index (χ0v) is 5.63. The number of hydrogen-bond acceptors (Lipinski definition) is 4. The van der Waals surface area contributed by atoms with Crippen molar-refractivity contribution in [3.8, 4) is 0 Å². The highest BCUT2D eigenvalue weighted by molar-refractivity contribution is 6.11. The van der Waals surface area contributed by atoms with Gasteiger partial charge in [-0.1, -0.05) is 0 Å². The van der Waals surface area contributed by atoms with Gasteiger partial charge in [-0.15, -0.1) is 0 Å². The first-order valence-electron chi connectivity index (χ1n) is 3.16. The number of rotatable bonds is 1. The van der Waals surface area contributed by atoms with E-state index in [-0.39, 0.29) is 6.29 Å². The van der Waals surface area contributed by atoms with Crippen molar-refractivity contribution in [2.45, 2.75) is 6.29 Å². The van der Waals surface area contributed by atoms with E-state index in [0.717, 1.165) is 11.5 Å². The zero-order valence-electron chi connectivity index (χ0n) is 5.63. The van der Waals surface area contributed by atoms with Crippen LogP contribution >= 0.6 is 0 Å². The lowest BCUT2D eigenvalue weighted by Gasteiger charge is -2.04. The van der Waals surface area contributed by atoms with Gasteiger partial charge in [0, 0.05) is 6.21 Å². The number of amidine groups is 1. The van der Waals surface area contributed by atoms with Gasteiger partial charge in [-0.25, -0.2) is 9.98 Å². The molecule has 0 fully saturated rings. The normalized spacial score (nSPS) is 27.5. The second-order valence-corrected chi connectivity index (χ2v) is 2.15. The summed E-state index contributed by atoms with van der Waals surface area (Å²) in [4.78, 5) is 8.22. The molecule has 0 aromatic carbocycles. The van der Waals surface area contributed by atoms with Crippen LogP contribution in [0.1, 0.15) is 0 Å². The summed E-state index contributed by atoms with van der Waals surface area (Å²) in [5.41, 5.74) is 1.01. The predicted molar refractivity (Wildman–Crippen MR) is 40.0 cm³/mol. The van der Waals surface area contributed by atoms with E-state index in [2.05, 4.69) is 20.6 Å². The van der Waals surface area contributed by atoms with Crippen LogP contribution in [0.3, 0.4) is 0 Å². The second-order valence-electron chi connectivity index (χ2n) is 2.15. The molecule has 0 aliphatic carbocycles. The van der Waals surface area contributed by atoms with Gasteiger partial charge in [-0.3, -0.25) is 5.32 Å². The maximum absolute atomic E-state index is 4.20. The molecule has 1 unspecified atom stereocenters. The number of nitrogens with zero attached hydrogens (tertiary/aromatic N) is 2. The smallest absolute Gasteiger partial charge is 0.176 e. The molecule has 0 aromatic heterocycles. The fourth-order valence-electron chi connectivity index (χ4n) is 0.981. The van der Waals surface area contributed by atoms with Crippen LogP contribution in [0.25, 0.3) is 0 Å². The lowest BCUT2D eigenvalue weighted by Crippen LogP contribution is -2.33. The quantitative estimate of drug-likeness (QED) is 0.508. The highest BCUT2D eigenvalue weighted by atomic mass is 15.3. The Bertz CT molecular complexity index is 238. The Hall–Kier alpha value is -1.16. The van der Waals surface area contributed by atoms with Crippen LogP contribution in [-0.2, 0) is 0 Å². The number of hydrogen-bond donors (Lipinski definition) is 2. The van der Waals surface area contributed by atoms with E-state index >= 15 is 0 Å². The van der Waals surface area contributed by atoms with Crippen LogP contribution in [-0.4, -0.2) is 25.4 Å². The van der Waals surface area contributed by atoms with Crippen LogP contribution in [0.5, 0.6) is 0 Å². The summed E-state index contributed by atoms with van der Waals surface area (Å²) in [6, 6.07) is 0. The lowest BCUT2D eigenvalue weighted by atomic mass is 10.4. The highest BCUT2D eigenvalue weighted by Crippen LogP contribution is 2.09. The predicted octanol–water partition coefficient (Wildman–Crippen LogP) is -0.541. The molecule has 4 nitrogen and oxygen atoms in total. The first-order chi connectivity index (χ1) is 4.90. The van der Waals surface area contributed by atoms with E-state index in [1.165, 1.54) is 0 Å². The molecule has 0 saturated carbocycles. The van der Waals surface area contributed by atoms with Crippen molar-refractivity contribution in [3.63, 3.8) is 0 Å². The van der Waals surface area contributed by atoms with Crippen molar-refractivity contribution in [1.29, 1.82) is 0 Å². The van der Waals surface area contributed by atoms with Gasteiger partial charge >= 0.3 is 0 Å². The van der Waals surface area contributed by atoms with Crippen molar-refractivity contribution < 1.29 is 0 Å². The van der Waals surface area contributed by atoms with Gasteiger partial charge in [0.15, 0.2) is 12.1 Å². The Morgan fingerprint density at radius 2 is 2.60 bits per heavy atom. The Labute approximate surface area is 58.8 Å². The molecular formula is C6H8N4. The van der Waals surface area contributed by atoms with Crippen LogP contribution in [0.4, 0.5) is 0 Å². The molecule has 2 N–H and O–H groups in total. The Morgan fingerprint density at radius 3 is 3.30 bits per heavy atom. The van der Waals surface area contributed by atoms with Crippen molar-refractivity contribution in [2.24, 2.45) is 9.98 Å². The number of allylic oxidation sites excluding steroid dienone is 1. The van der Waals surface area contributed by atoms with Crippen LogP contribution in [0.15, 0.2) is 21.8 Å². The number of aliphatic imine (C=N–C) groups is 2. The number of nitrogens with one attached hydrogen (secondary N) is 2. The molecule has 0 aromatic rings. The number of fused-ring (bicyclic) bond motifs is 1. The van der Waals surface area contributed by atoms with Gasteiger partial charge in [0.2, 0.25) is 0 Å². The average Bonchev–Trinajstić information content (AvgIpc) is 2.42. The monoisotopic (exact) mass is 136 g/mol. The molecule has 2 aliphatic rings. The molecule has 2 heterocycles. The fraction of sp³-hybridized carbons (Fsp3) is 0.333. The van der Waals surface area contributed by atoms with Crippen LogP contribution < -0.4 is 10.6 Å². The largest absolute Gasteiger partial charge is 0.348 e. The molecule has 2 rings (SSSR count). The molecule has 4 heteroatoms. The summed E-state index contributed by atoms with van der Waals surface area (Å²) in [7, 11) is 1.85. The van der Waals surface area contributed by atoms with E-state index in [9.17, 15) is 0 Å². The van der Waals surface area contributed by atoms with E-state index < -0.39 is 0 Å². The summed E-state index contributed by atoms with van der Waals surface area (Å²) in [6.07, 6.45) is 3.67. The van der Waals surface area contributed by atoms with Crippen molar-refractivity contribution in [1.82, 2.24) is 10.6 Å². The van der Waals surface area contributed by atoms with E-state index in [1.54, 1.807) is 6.21 Å². The minimum Gasteiger partial charge on any atom is -0.348 e. The highest BCUT2D eigenvalue weighted by Gasteiger charge is 2.20. The topological polar surface area (TPSA) is 48.8 Å². The third kappa shape index (κ3) is 0.657. The molecule has 0 amide bonds. The first-order valence-corrected chi connectivity index (χ1v) is 3.16. The van der Waals surface area contributed by atoms with Gasteiger partial charge in [-0.2, -0.15) is 0 Å². The van der Waals surface area contributed by atoms with Gasteiger partial charge in [0.25, 0.3) is 0 Å². The maximum Gasteiger partial charge on any atom is 0.176 e. The summed E-state index contributed by atoms with van der Waals surface area (Å²) in [5.74, 6) is 0.805. The molecule has 0 saturated heterocycles. The fourth-order valence-corrected chi connectivity index (χ4v) is 0.981. The molecule has 10 heavy (non-hydrogen) atoms. The van der Waals surface area contributed by atoms with Gasteiger partial charge in [0.1, 0.15) is 0 Å². The van der Waals surface area contributed by atoms with E-state index in [4.69, 9.17) is 0 Å². The van der Waals surface area contributed by atoms with Crippen molar-refractivity contribution in [3.05, 3.63) is 11.8 Å². The first kappa shape index (κ1) is 5.61. The van der Waals surface area contributed by atoms with Crippen LogP contribution in [0, 0.1) is 0 Å². The molecule has 0 radical (unpaired) electrons. The van der Waals surface area contributed by atoms with Gasteiger partial charge < -0.3 is 5.32 Å². The average molecular weight is 136 g/mol. The Balaban J connectivity index is 2.25.